The number of carbonyl (C=O) groups excluding carboxylic acids is 1. The van der Waals surface area contributed by atoms with Crippen LogP contribution in [0.2, 0.25) is 5.15 Å². The van der Waals surface area contributed by atoms with Crippen molar-refractivity contribution in [3.63, 3.8) is 0 Å². The molecule has 2 aromatic heterocycles. The molecule has 11 nitrogen and oxygen atoms in total. The zero-order valence-corrected chi connectivity index (χ0v) is 20.7. The molecule has 0 atom stereocenters. The number of nitrogens with zero attached hydrogens (tertiary/aromatic N) is 5. The van der Waals surface area contributed by atoms with Gasteiger partial charge in [-0.05, 0) is 17.5 Å². The number of nitrogens with one attached hydrogen (secondary N) is 1. The Bertz CT molecular complexity index is 1370. The fourth-order valence-corrected chi connectivity index (χ4v) is 4.23. The van der Waals surface area contributed by atoms with Crippen molar-refractivity contribution in [3.05, 3.63) is 45.7 Å². The Morgan fingerprint density at radius 2 is 1.89 bits per heavy atom. The van der Waals surface area contributed by atoms with Crippen molar-refractivity contribution in [2.75, 3.05) is 38.3 Å². The summed E-state index contributed by atoms with van der Waals surface area (Å²) >= 11 is 5.94. The largest absolute Gasteiger partial charge is 0.494 e. The van der Waals surface area contributed by atoms with E-state index >= 15 is 0 Å². The zero-order valence-electron chi connectivity index (χ0n) is 20.0. The Balaban J connectivity index is 1.76. The van der Waals surface area contributed by atoms with Gasteiger partial charge >= 0.3 is 5.97 Å². The van der Waals surface area contributed by atoms with Gasteiger partial charge in [0.05, 0.1) is 26.0 Å². The molecular weight excluding hydrogens is 476 g/mol. The van der Waals surface area contributed by atoms with Gasteiger partial charge in [0, 0.05) is 30.3 Å². The first kappa shape index (κ1) is 24.7. The van der Waals surface area contributed by atoms with Crippen molar-refractivity contribution < 1.29 is 24.2 Å². The highest BCUT2D eigenvalue weighted by Gasteiger charge is 2.27. The fourth-order valence-electron chi connectivity index (χ4n) is 4.02. The molecule has 0 amide bonds. The molecule has 0 saturated carbocycles. The van der Waals surface area contributed by atoms with Gasteiger partial charge < -0.3 is 19.5 Å². The molecule has 4 rings (SSSR count). The lowest BCUT2D eigenvalue weighted by Crippen LogP contribution is -2.37. The molecule has 0 unspecified atom stereocenters. The Morgan fingerprint density at radius 1 is 1.20 bits per heavy atom. The van der Waals surface area contributed by atoms with Crippen LogP contribution in [0.4, 0.5) is 5.69 Å². The number of methoxy groups -OCH3 is 1. The number of halogens is 1. The molecule has 0 radical (unpaired) electrons. The van der Waals surface area contributed by atoms with E-state index in [1.807, 2.05) is 6.07 Å². The third-order valence-electron chi connectivity index (χ3n) is 5.85. The van der Waals surface area contributed by atoms with Crippen molar-refractivity contribution in [2.24, 2.45) is 0 Å². The summed E-state index contributed by atoms with van der Waals surface area (Å²) in [5.74, 6) is -0.803. The topological polar surface area (TPSA) is 135 Å². The van der Waals surface area contributed by atoms with Crippen molar-refractivity contribution in [1.29, 1.82) is 5.41 Å². The summed E-state index contributed by atoms with van der Waals surface area (Å²) in [6, 6.07) is 4.85. The van der Waals surface area contributed by atoms with E-state index < -0.39 is 5.97 Å². The van der Waals surface area contributed by atoms with Crippen LogP contribution >= 0.6 is 11.6 Å². The van der Waals surface area contributed by atoms with Crippen LogP contribution in [0.15, 0.2) is 18.2 Å². The second-order valence-electron chi connectivity index (χ2n) is 9.25. The summed E-state index contributed by atoms with van der Waals surface area (Å²) in [6.45, 7) is 8.44. The Morgan fingerprint density at radius 3 is 2.49 bits per heavy atom. The number of carbonyl (C=O) groups is 2. The second kappa shape index (κ2) is 9.31. The first-order chi connectivity index (χ1) is 16.5. The fraction of sp³-hybridized carbons (Fsp3) is 0.435. The van der Waals surface area contributed by atoms with Gasteiger partial charge in [-0.3, -0.25) is 10.2 Å². The van der Waals surface area contributed by atoms with E-state index in [9.17, 15) is 14.7 Å². The number of fused-ring (bicyclic) bond motifs is 1. The van der Waals surface area contributed by atoms with E-state index in [1.165, 1.54) is 10.7 Å². The van der Waals surface area contributed by atoms with Gasteiger partial charge in [0.1, 0.15) is 17.9 Å². The highest BCUT2D eigenvalue weighted by atomic mass is 35.5. The van der Waals surface area contributed by atoms with E-state index in [-0.39, 0.29) is 39.7 Å². The highest BCUT2D eigenvalue weighted by Crippen LogP contribution is 2.40. The number of aromatic nitrogens is 4. The van der Waals surface area contributed by atoms with E-state index in [4.69, 9.17) is 26.5 Å². The summed E-state index contributed by atoms with van der Waals surface area (Å²) in [4.78, 5) is 26.9. The number of anilines is 1. The van der Waals surface area contributed by atoms with Crippen molar-refractivity contribution in [1.82, 2.24) is 19.4 Å². The van der Waals surface area contributed by atoms with Gasteiger partial charge in [-0.1, -0.05) is 32.4 Å². The van der Waals surface area contributed by atoms with Crippen LogP contribution in [0.3, 0.4) is 0 Å². The zero-order chi connectivity index (χ0) is 25.5. The first-order valence-corrected chi connectivity index (χ1v) is 11.4. The Labute approximate surface area is 206 Å². The van der Waals surface area contributed by atoms with Crippen LogP contribution in [0.25, 0.3) is 5.65 Å². The summed E-state index contributed by atoms with van der Waals surface area (Å²) < 4.78 is 13.5. The molecule has 1 fully saturated rings. The van der Waals surface area contributed by atoms with Crippen LogP contribution in [0, 0.1) is 5.41 Å². The van der Waals surface area contributed by atoms with Gasteiger partial charge in [-0.15, -0.1) is 5.10 Å². The number of carboxylic acids is 1. The molecule has 2 N–H and O–H groups in total. The highest BCUT2D eigenvalue weighted by molar-refractivity contribution is 6.32. The lowest BCUT2D eigenvalue weighted by atomic mass is 9.84. The summed E-state index contributed by atoms with van der Waals surface area (Å²) in [7, 11) is 1.62. The Kier molecular flexibility index (Phi) is 6.56. The molecule has 186 valence electrons. The lowest BCUT2D eigenvalue weighted by molar-refractivity contribution is 0.0696. The second-order valence-corrected chi connectivity index (χ2v) is 9.61. The number of ketones is 1. The molecule has 35 heavy (non-hydrogen) atoms. The number of rotatable bonds is 6. The maximum Gasteiger partial charge on any atom is 0.339 e. The number of ether oxygens (including phenoxy) is 2. The van der Waals surface area contributed by atoms with Crippen molar-refractivity contribution in [3.8, 4) is 5.75 Å². The number of hydrogen-bond donors (Lipinski definition) is 2. The molecule has 0 aliphatic carbocycles. The molecule has 1 saturated heterocycles. The SMILES string of the molecule is COc1c(N2CCOCC2)cc(C(=O)Cn2nc3cc(C(=O)O)c(Cl)nn3c2=N)cc1C(C)(C)C. The maximum absolute atomic E-state index is 13.4. The molecule has 0 spiro atoms. The van der Waals surface area contributed by atoms with Crippen molar-refractivity contribution in [2.45, 2.75) is 32.7 Å². The molecule has 1 aromatic carbocycles. The monoisotopic (exact) mass is 502 g/mol. The minimum atomic E-state index is -1.26. The van der Waals surface area contributed by atoms with E-state index in [1.54, 1.807) is 13.2 Å². The number of hydrogen-bond acceptors (Lipinski definition) is 8. The molecule has 12 heteroatoms. The molecule has 0 bridgehead atoms. The summed E-state index contributed by atoms with van der Waals surface area (Å²) in [5.41, 5.74) is 1.53. The third kappa shape index (κ3) is 4.73. The van der Waals surface area contributed by atoms with E-state index in [2.05, 4.69) is 35.9 Å². The third-order valence-corrected chi connectivity index (χ3v) is 6.13. The predicted octanol–water partition coefficient (Wildman–Crippen LogP) is 2.39. The van der Waals surface area contributed by atoms with Gasteiger partial charge in [-0.25, -0.2) is 9.48 Å². The minimum Gasteiger partial charge on any atom is -0.494 e. The van der Waals surface area contributed by atoms with Crippen LogP contribution < -0.4 is 15.3 Å². The number of morpholine rings is 1. The van der Waals surface area contributed by atoms with Crippen LogP contribution in [0.1, 0.15) is 47.1 Å². The van der Waals surface area contributed by atoms with Crippen LogP contribution in [0.5, 0.6) is 5.75 Å². The normalized spacial score (nSPS) is 14.4. The van der Waals surface area contributed by atoms with E-state index in [0.29, 0.717) is 31.9 Å². The summed E-state index contributed by atoms with van der Waals surface area (Å²) in [6.07, 6.45) is 0. The van der Waals surface area contributed by atoms with Crippen molar-refractivity contribution >= 4 is 34.7 Å². The van der Waals surface area contributed by atoms with Gasteiger partial charge in [0.25, 0.3) is 0 Å². The van der Waals surface area contributed by atoms with Gasteiger partial charge in [0.2, 0.25) is 5.62 Å². The number of benzene rings is 1. The summed E-state index contributed by atoms with van der Waals surface area (Å²) in [5, 5.41) is 25.5. The standard InChI is InChI=1S/C23H27ClN6O5/c1-23(2,3)15-9-13(10-16(19(15)34-4)28-5-7-35-8-6-28)17(31)12-29-22(25)30-18(26-29)11-14(21(32)33)20(24)27-30/h9-11,25H,5-8,12H2,1-4H3,(H,32,33). The average Bonchev–Trinajstić information content (AvgIpc) is 3.11. The average molecular weight is 503 g/mol. The quantitative estimate of drug-likeness (QED) is 0.490. The lowest BCUT2D eigenvalue weighted by Gasteiger charge is -2.33. The van der Waals surface area contributed by atoms with Crippen LogP contribution in [-0.2, 0) is 16.7 Å². The Hall–Kier alpha value is -3.44. The first-order valence-electron chi connectivity index (χ1n) is 11.0. The number of Topliss-reactive ketones (excluding diaryl/α,β-unsaturated/α-hetero) is 1. The molecule has 3 heterocycles. The predicted molar refractivity (Wildman–Crippen MR) is 128 cm³/mol. The molecule has 1 aliphatic rings. The number of aromatic carboxylic acids is 1. The molecule has 3 aromatic rings. The van der Waals surface area contributed by atoms with Gasteiger partial charge in [-0.2, -0.15) is 9.61 Å². The number of carboxylic acid groups (broad SMARTS) is 1. The van der Waals surface area contributed by atoms with E-state index in [0.717, 1.165) is 21.5 Å². The maximum atomic E-state index is 13.4. The smallest absolute Gasteiger partial charge is 0.339 e. The molecule has 1 aliphatic heterocycles. The minimum absolute atomic E-state index is 0.101. The molecular formula is C23H27ClN6O5. The van der Waals surface area contributed by atoms with Gasteiger partial charge in [0.15, 0.2) is 16.6 Å². The van der Waals surface area contributed by atoms with Crippen LogP contribution in [-0.4, -0.2) is 69.7 Å².